The van der Waals surface area contributed by atoms with Gasteiger partial charge < -0.3 is 5.73 Å². The van der Waals surface area contributed by atoms with E-state index in [0.29, 0.717) is 0 Å². The van der Waals surface area contributed by atoms with Gasteiger partial charge in [-0.25, -0.2) is 5.01 Å². The van der Waals surface area contributed by atoms with Crippen LogP contribution in [0, 0.1) is 5.41 Å². The Hall–Kier alpha value is -2.14. The molecule has 4 nitrogen and oxygen atoms in total. The van der Waals surface area contributed by atoms with Crippen LogP contribution >= 0.6 is 15.9 Å². The molecule has 0 bridgehead atoms. The van der Waals surface area contributed by atoms with Crippen molar-refractivity contribution in [1.29, 1.82) is 5.41 Å². The van der Waals surface area contributed by atoms with Crippen LogP contribution in [-0.2, 0) is 0 Å². The number of guanidine groups is 1. The molecule has 0 aliphatic carbocycles. The molecular weight excluding hydrogens is 316 g/mol. The highest BCUT2D eigenvalue weighted by Gasteiger charge is 2.09. The largest absolute Gasteiger partial charge is 0.369 e. The van der Waals surface area contributed by atoms with E-state index in [1.54, 1.807) is 7.05 Å². The first-order valence-electron chi connectivity index (χ1n) is 6.05. The molecule has 0 fully saturated rings. The van der Waals surface area contributed by atoms with Crippen LogP contribution in [-0.4, -0.2) is 23.7 Å². The number of nitrogens with one attached hydrogen (secondary N) is 1. The summed E-state index contributed by atoms with van der Waals surface area (Å²) in [5.74, 6) is -0.101. The van der Waals surface area contributed by atoms with E-state index in [2.05, 4.69) is 21.0 Å². The minimum atomic E-state index is -0.101. The predicted molar refractivity (Wildman–Crippen MR) is 85.9 cm³/mol. The minimum absolute atomic E-state index is 0.101. The summed E-state index contributed by atoms with van der Waals surface area (Å²) in [4.78, 5) is 0. The Bertz CT molecular complexity index is 620. The Labute approximate surface area is 126 Å². The van der Waals surface area contributed by atoms with Crippen molar-refractivity contribution in [2.24, 2.45) is 10.8 Å². The van der Waals surface area contributed by atoms with E-state index in [0.717, 1.165) is 21.3 Å². The standard InChI is InChI=1S/C15H15BrN4/c1-20(15(17)18)19-14(11-5-3-2-4-6-11)12-7-9-13(16)10-8-12/h2-10H,1H3,(H3,17,18)/b19-14-. The molecule has 0 amide bonds. The van der Waals surface area contributed by atoms with Gasteiger partial charge in [0, 0.05) is 22.6 Å². The summed E-state index contributed by atoms with van der Waals surface area (Å²) in [7, 11) is 1.66. The number of nitrogens with two attached hydrogens (primary N) is 1. The number of hydrogen-bond acceptors (Lipinski definition) is 2. The Morgan fingerprint density at radius 3 is 2.15 bits per heavy atom. The molecule has 20 heavy (non-hydrogen) atoms. The number of nitrogens with zero attached hydrogens (tertiary/aromatic N) is 2. The van der Waals surface area contributed by atoms with Crippen LogP contribution in [0.25, 0.3) is 0 Å². The molecule has 0 saturated carbocycles. The topological polar surface area (TPSA) is 65.5 Å². The van der Waals surface area contributed by atoms with Gasteiger partial charge in [0.15, 0.2) is 0 Å². The summed E-state index contributed by atoms with van der Waals surface area (Å²) in [5, 5.41) is 13.2. The van der Waals surface area contributed by atoms with Crippen molar-refractivity contribution in [3.63, 3.8) is 0 Å². The van der Waals surface area contributed by atoms with Crippen LogP contribution in [0.5, 0.6) is 0 Å². The second-order valence-corrected chi connectivity index (χ2v) is 5.15. The fraction of sp³-hybridized carbons (Fsp3) is 0.0667. The second kappa shape index (κ2) is 6.34. The zero-order valence-corrected chi connectivity index (χ0v) is 12.6. The first-order chi connectivity index (χ1) is 9.58. The molecule has 2 aromatic rings. The maximum Gasteiger partial charge on any atom is 0.209 e. The SMILES string of the molecule is CN(/N=C(/c1ccccc1)c1ccc(Br)cc1)C(=N)N. The molecule has 2 rings (SSSR count). The first kappa shape index (κ1) is 14.3. The number of halogens is 1. The predicted octanol–water partition coefficient (Wildman–Crippen LogP) is 3.03. The van der Waals surface area contributed by atoms with Gasteiger partial charge in [0.05, 0.1) is 5.71 Å². The van der Waals surface area contributed by atoms with E-state index in [1.807, 2.05) is 54.6 Å². The molecular formula is C15H15BrN4. The van der Waals surface area contributed by atoms with Gasteiger partial charge in [-0.1, -0.05) is 58.4 Å². The van der Waals surface area contributed by atoms with E-state index < -0.39 is 0 Å². The lowest BCUT2D eigenvalue weighted by Gasteiger charge is -2.14. The highest BCUT2D eigenvalue weighted by atomic mass is 79.9. The third-order valence-corrected chi connectivity index (χ3v) is 3.29. The smallest absolute Gasteiger partial charge is 0.209 e. The van der Waals surface area contributed by atoms with Crippen LogP contribution in [0.4, 0.5) is 0 Å². The first-order valence-corrected chi connectivity index (χ1v) is 6.85. The molecule has 0 aliphatic rings. The third kappa shape index (κ3) is 3.45. The normalized spacial score (nSPS) is 11.2. The van der Waals surface area contributed by atoms with E-state index in [9.17, 15) is 0 Å². The summed E-state index contributed by atoms with van der Waals surface area (Å²) in [5.41, 5.74) is 8.17. The summed E-state index contributed by atoms with van der Waals surface area (Å²) in [6, 6.07) is 17.7. The van der Waals surface area contributed by atoms with Gasteiger partial charge in [0.25, 0.3) is 0 Å². The van der Waals surface area contributed by atoms with Gasteiger partial charge in [0.2, 0.25) is 5.96 Å². The van der Waals surface area contributed by atoms with Gasteiger partial charge in [-0.15, -0.1) is 0 Å². The lowest BCUT2D eigenvalue weighted by atomic mass is 10.0. The van der Waals surface area contributed by atoms with Crippen LogP contribution < -0.4 is 5.73 Å². The molecule has 0 heterocycles. The Morgan fingerprint density at radius 1 is 1.05 bits per heavy atom. The van der Waals surface area contributed by atoms with Crippen LogP contribution in [0.15, 0.2) is 64.2 Å². The maximum atomic E-state index is 7.44. The fourth-order valence-corrected chi connectivity index (χ4v) is 1.95. The number of hydrazone groups is 1. The van der Waals surface area contributed by atoms with Crippen molar-refractivity contribution in [2.45, 2.75) is 0 Å². The van der Waals surface area contributed by atoms with Crippen molar-refractivity contribution >= 4 is 27.6 Å². The third-order valence-electron chi connectivity index (χ3n) is 2.76. The Balaban J connectivity index is 2.50. The number of rotatable bonds is 3. The zero-order chi connectivity index (χ0) is 14.5. The average molecular weight is 331 g/mol. The number of benzene rings is 2. The lowest BCUT2D eigenvalue weighted by molar-refractivity contribution is 0.534. The Kier molecular flexibility index (Phi) is 4.53. The molecule has 0 spiro atoms. The molecule has 0 aliphatic heterocycles. The van der Waals surface area contributed by atoms with Crippen molar-refractivity contribution in [3.05, 3.63) is 70.2 Å². The molecule has 102 valence electrons. The van der Waals surface area contributed by atoms with E-state index in [4.69, 9.17) is 11.1 Å². The van der Waals surface area contributed by atoms with Crippen LogP contribution in [0.2, 0.25) is 0 Å². The van der Waals surface area contributed by atoms with Crippen molar-refractivity contribution in [2.75, 3.05) is 7.05 Å². The summed E-state index contributed by atoms with van der Waals surface area (Å²) in [6.07, 6.45) is 0. The molecule has 0 saturated heterocycles. The molecule has 0 unspecified atom stereocenters. The van der Waals surface area contributed by atoms with Crippen LogP contribution in [0.1, 0.15) is 11.1 Å². The Morgan fingerprint density at radius 2 is 1.60 bits per heavy atom. The minimum Gasteiger partial charge on any atom is -0.369 e. The highest BCUT2D eigenvalue weighted by molar-refractivity contribution is 9.10. The van der Waals surface area contributed by atoms with E-state index in [-0.39, 0.29) is 5.96 Å². The zero-order valence-electron chi connectivity index (χ0n) is 11.0. The van der Waals surface area contributed by atoms with Crippen molar-refractivity contribution < 1.29 is 0 Å². The molecule has 0 atom stereocenters. The summed E-state index contributed by atoms with van der Waals surface area (Å²) in [6.45, 7) is 0. The molecule has 0 aromatic heterocycles. The summed E-state index contributed by atoms with van der Waals surface area (Å²) < 4.78 is 1.01. The number of hydrogen-bond donors (Lipinski definition) is 2. The molecule has 3 N–H and O–H groups in total. The van der Waals surface area contributed by atoms with Crippen LogP contribution in [0.3, 0.4) is 0 Å². The quantitative estimate of drug-likeness (QED) is 0.516. The lowest BCUT2D eigenvalue weighted by Crippen LogP contribution is -2.29. The monoisotopic (exact) mass is 330 g/mol. The van der Waals surface area contributed by atoms with Gasteiger partial charge in [0.1, 0.15) is 0 Å². The van der Waals surface area contributed by atoms with E-state index >= 15 is 0 Å². The fourth-order valence-electron chi connectivity index (χ4n) is 1.69. The molecule has 5 heteroatoms. The molecule has 2 aromatic carbocycles. The second-order valence-electron chi connectivity index (χ2n) is 4.23. The average Bonchev–Trinajstić information content (AvgIpc) is 2.46. The van der Waals surface area contributed by atoms with Crippen molar-refractivity contribution in [3.8, 4) is 0 Å². The van der Waals surface area contributed by atoms with Crippen molar-refractivity contribution in [1.82, 2.24) is 5.01 Å². The van der Waals surface area contributed by atoms with Gasteiger partial charge >= 0.3 is 0 Å². The molecule has 0 radical (unpaired) electrons. The highest BCUT2D eigenvalue weighted by Crippen LogP contribution is 2.15. The van der Waals surface area contributed by atoms with Gasteiger partial charge in [-0.3, -0.25) is 5.41 Å². The summed E-state index contributed by atoms with van der Waals surface area (Å²) >= 11 is 3.42. The van der Waals surface area contributed by atoms with Gasteiger partial charge in [-0.2, -0.15) is 5.10 Å². The van der Waals surface area contributed by atoms with Gasteiger partial charge in [-0.05, 0) is 12.1 Å². The van der Waals surface area contributed by atoms with E-state index in [1.165, 1.54) is 5.01 Å². The maximum absolute atomic E-state index is 7.44.